The van der Waals surface area contributed by atoms with Crippen LogP contribution in [0.15, 0.2) is 18.2 Å². The molecule has 0 fully saturated rings. The van der Waals surface area contributed by atoms with Gasteiger partial charge in [-0.15, -0.1) is 0 Å². The Morgan fingerprint density at radius 2 is 1.82 bits per heavy atom. The first-order valence-corrected chi connectivity index (χ1v) is 5.77. The molecule has 0 amide bonds. The smallest absolute Gasteiger partial charge is 0.270 e. The van der Waals surface area contributed by atoms with Crippen LogP contribution in [0.5, 0.6) is 0 Å². The minimum absolute atomic E-state index is 0.0944. The first kappa shape index (κ1) is 15.1. The van der Waals surface area contributed by atoms with E-state index in [0.717, 1.165) is 16.6 Å². The molecule has 0 radical (unpaired) electrons. The van der Waals surface area contributed by atoms with Gasteiger partial charge in [0.2, 0.25) is 0 Å². The molecule has 1 N–H and O–H groups in total. The molecule has 0 aliphatic carbocycles. The fourth-order valence-corrected chi connectivity index (χ4v) is 1.24. The third-order valence-corrected chi connectivity index (χ3v) is 1.94. The van der Waals surface area contributed by atoms with Gasteiger partial charge >= 0.3 is 0 Å². The van der Waals surface area contributed by atoms with Crippen molar-refractivity contribution in [3.8, 4) is 0 Å². The zero-order chi connectivity index (χ0) is 13.4. The summed E-state index contributed by atoms with van der Waals surface area (Å²) in [6, 6.07) is 4.60. The molecule has 0 unspecified atom stereocenters. The van der Waals surface area contributed by atoms with E-state index in [1.807, 2.05) is 34.6 Å². The minimum atomic E-state index is -0.411. The Kier molecular flexibility index (Phi) is 6.55. The van der Waals surface area contributed by atoms with Crippen LogP contribution in [-0.2, 0) is 0 Å². The molecule has 17 heavy (non-hydrogen) atoms. The van der Waals surface area contributed by atoms with Crippen molar-refractivity contribution in [1.29, 1.82) is 0 Å². The molecule has 0 aliphatic heterocycles. The lowest BCUT2D eigenvalue weighted by Gasteiger charge is -1.90. The average Bonchev–Trinajstić information content (AvgIpc) is 2.75. The second-order valence-electron chi connectivity index (χ2n) is 2.81. The van der Waals surface area contributed by atoms with Crippen LogP contribution in [0.4, 0.5) is 5.69 Å². The zero-order valence-electron chi connectivity index (χ0n) is 10.9. The Balaban J connectivity index is 0.000000581. The molecule has 0 aliphatic rings. The van der Waals surface area contributed by atoms with E-state index < -0.39 is 4.92 Å². The highest BCUT2D eigenvalue weighted by atomic mass is 16.6. The van der Waals surface area contributed by atoms with Crippen LogP contribution in [-0.4, -0.2) is 15.1 Å². The fourth-order valence-electron chi connectivity index (χ4n) is 1.24. The Morgan fingerprint density at radius 3 is 2.35 bits per heavy atom. The van der Waals surface area contributed by atoms with E-state index in [1.54, 1.807) is 6.07 Å². The number of nitrogens with zero attached hydrogens (tertiary/aromatic N) is 2. The highest BCUT2D eigenvalue weighted by Crippen LogP contribution is 2.20. The molecule has 5 heteroatoms. The summed E-state index contributed by atoms with van der Waals surface area (Å²) in [6.45, 7) is 9.83. The molecule has 0 atom stereocenters. The predicted octanol–water partition coefficient (Wildman–Crippen LogP) is 3.83. The van der Waals surface area contributed by atoms with Crippen molar-refractivity contribution in [2.45, 2.75) is 34.6 Å². The van der Waals surface area contributed by atoms with Crippen LogP contribution < -0.4 is 0 Å². The second-order valence-corrected chi connectivity index (χ2v) is 2.81. The number of hydrogen-bond donors (Lipinski definition) is 1. The molecule has 94 valence electrons. The number of nitrogens with one attached hydrogen (secondary N) is 1. The Bertz CT molecular complexity index is 478. The van der Waals surface area contributed by atoms with Crippen molar-refractivity contribution < 1.29 is 4.92 Å². The van der Waals surface area contributed by atoms with E-state index in [9.17, 15) is 10.1 Å². The van der Waals surface area contributed by atoms with E-state index in [2.05, 4.69) is 10.2 Å². The maximum absolute atomic E-state index is 10.5. The molecule has 2 aromatic rings. The third-order valence-electron chi connectivity index (χ3n) is 1.94. The fraction of sp³-hybridized carbons (Fsp3) is 0.417. The standard InChI is InChI=1S/C8H7N3O2.2C2H6/c1-5-7-4-6(11(12)13)2-3-8(7)10-9-5;2*1-2/h2-4H,1H3,(H,9,10);2*1-2H3. The normalized spacial score (nSPS) is 8.76. The Labute approximate surface area is 101 Å². The number of aromatic nitrogens is 2. The zero-order valence-corrected chi connectivity index (χ0v) is 10.9. The summed E-state index contributed by atoms with van der Waals surface area (Å²) in [4.78, 5) is 10.0. The van der Waals surface area contributed by atoms with Gasteiger partial charge in [-0.3, -0.25) is 15.2 Å². The van der Waals surface area contributed by atoms with E-state index >= 15 is 0 Å². The molecule has 2 rings (SSSR count). The van der Waals surface area contributed by atoms with Gasteiger partial charge in [-0.1, -0.05) is 27.7 Å². The molecule has 1 heterocycles. The highest BCUT2D eigenvalue weighted by molar-refractivity contribution is 5.83. The average molecular weight is 237 g/mol. The molecule has 0 saturated heterocycles. The number of benzene rings is 1. The van der Waals surface area contributed by atoms with Crippen molar-refractivity contribution in [2.75, 3.05) is 0 Å². The molecular formula is C12H19N3O2. The highest BCUT2D eigenvalue weighted by Gasteiger charge is 2.08. The SMILES string of the molecule is CC.CC.Cc1[nH]nc2ccc([N+](=O)[O-])cc12. The maximum atomic E-state index is 10.5. The monoisotopic (exact) mass is 237 g/mol. The van der Waals surface area contributed by atoms with E-state index in [4.69, 9.17) is 0 Å². The Hall–Kier alpha value is -1.91. The summed E-state index contributed by atoms with van der Waals surface area (Å²) < 4.78 is 0. The van der Waals surface area contributed by atoms with E-state index in [1.165, 1.54) is 12.1 Å². The lowest BCUT2D eigenvalue weighted by atomic mass is 10.2. The number of H-pyrrole nitrogens is 1. The number of non-ortho nitro benzene ring substituents is 1. The van der Waals surface area contributed by atoms with Crippen LogP contribution in [0.1, 0.15) is 33.4 Å². The van der Waals surface area contributed by atoms with Gasteiger partial charge in [-0.05, 0) is 13.0 Å². The summed E-state index contributed by atoms with van der Waals surface area (Å²) in [5, 5.41) is 18.0. The number of hydrogen-bond acceptors (Lipinski definition) is 3. The van der Waals surface area contributed by atoms with Crippen LogP contribution in [0, 0.1) is 17.0 Å². The van der Waals surface area contributed by atoms with E-state index in [-0.39, 0.29) is 5.69 Å². The first-order chi connectivity index (χ1) is 8.18. The number of aryl methyl sites for hydroxylation is 1. The molecule has 0 spiro atoms. The van der Waals surface area contributed by atoms with Gasteiger partial charge in [0.25, 0.3) is 5.69 Å². The number of fused-ring (bicyclic) bond motifs is 1. The minimum Gasteiger partial charge on any atom is -0.282 e. The molecular weight excluding hydrogens is 218 g/mol. The molecule has 0 saturated carbocycles. The largest absolute Gasteiger partial charge is 0.282 e. The topological polar surface area (TPSA) is 71.8 Å². The van der Waals surface area contributed by atoms with Gasteiger partial charge in [-0.2, -0.15) is 5.10 Å². The lowest BCUT2D eigenvalue weighted by Crippen LogP contribution is -1.86. The van der Waals surface area contributed by atoms with Gasteiger partial charge in [0.15, 0.2) is 0 Å². The van der Waals surface area contributed by atoms with Crippen LogP contribution in [0.25, 0.3) is 10.9 Å². The van der Waals surface area contributed by atoms with Crippen molar-refractivity contribution in [1.82, 2.24) is 10.2 Å². The lowest BCUT2D eigenvalue weighted by molar-refractivity contribution is -0.384. The number of nitro benzene ring substituents is 1. The second kappa shape index (κ2) is 7.38. The van der Waals surface area contributed by atoms with Crippen molar-refractivity contribution in [2.24, 2.45) is 0 Å². The van der Waals surface area contributed by atoms with Crippen LogP contribution in [0.3, 0.4) is 0 Å². The van der Waals surface area contributed by atoms with Crippen LogP contribution >= 0.6 is 0 Å². The number of rotatable bonds is 1. The molecule has 1 aromatic carbocycles. The molecule has 5 nitrogen and oxygen atoms in total. The number of aromatic amines is 1. The van der Waals surface area contributed by atoms with Gasteiger partial charge in [0.05, 0.1) is 10.4 Å². The van der Waals surface area contributed by atoms with Crippen molar-refractivity contribution in [3.63, 3.8) is 0 Å². The van der Waals surface area contributed by atoms with Crippen molar-refractivity contribution in [3.05, 3.63) is 34.0 Å². The van der Waals surface area contributed by atoms with Gasteiger partial charge in [-0.25, -0.2) is 0 Å². The van der Waals surface area contributed by atoms with Gasteiger partial charge in [0, 0.05) is 23.2 Å². The third kappa shape index (κ3) is 3.55. The summed E-state index contributed by atoms with van der Waals surface area (Å²) in [5.74, 6) is 0. The maximum Gasteiger partial charge on any atom is 0.270 e. The quantitative estimate of drug-likeness (QED) is 0.605. The summed E-state index contributed by atoms with van der Waals surface area (Å²) in [5.41, 5.74) is 1.69. The summed E-state index contributed by atoms with van der Waals surface area (Å²) in [7, 11) is 0. The van der Waals surface area contributed by atoms with Gasteiger partial charge in [0.1, 0.15) is 0 Å². The summed E-state index contributed by atoms with van der Waals surface area (Å²) in [6.07, 6.45) is 0. The molecule has 1 aromatic heterocycles. The van der Waals surface area contributed by atoms with Crippen molar-refractivity contribution >= 4 is 16.6 Å². The van der Waals surface area contributed by atoms with Crippen LogP contribution in [0.2, 0.25) is 0 Å². The Morgan fingerprint density at radius 1 is 1.24 bits per heavy atom. The summed E-state index contributed by atoms with van der Waals surface area (Å²) >= 11 is 0. The first-order valence-electron chi connectivity index (χ1n) is 5.77. The van der Waals surface area contributed by atoms with Gasteiger partial charge < -0.3 is 0 Å². The predicted molar refractivity (Wildman–Crippen MR) is 70.2 cm³/mol. The molecule has 0 bridgehead atoms. The number of nitro groups is 1. The van der Waals surface area contributed by atoms with E-state index in [0.29, 0.717) is 0 Å².